The first-order chi connectivity index (χ1) is 15.3. The highest BCUT2D eigenvalue weighted by Crippen LogP contribution is 2.35. The van der Waals surface area contributed by atoms with Crippen LogP contribution in [0.4, 0.5) is 32.0 Å². The number of benzene rings is 3. The zero-order valence-electron chi connectivity index (χ0n) is 17.5. The van der Waals surface area contributed by atoms with Crippen LogP contribution in [0.15, 0.2) is 78.9 Å². The first-order valence-electron chi connectivity index (χ1n) is 9.88. The fraction of sp³-hybridized carbons (Fsp3) is 0.250. The van der Waals surface area contributed by atoms with Crippen molar-refractivity contribution < 1.29 is 36.2 Å². The molecule has 1 unspecified atom stereocenters. The Labute approximate surface area is 186 Å². The second-order valence-electron chi connectivity index (χ2n) is 7.74. The van der Waals surface area contributed by atoms with Crippen LogP contribution in [0.2, 0.25) is 0 Å². The summed E-state index contributed by atoms with van der Waals surface area (Å²) in [5.41, 5.74) is -3.64. The lowest BCUT2D eigenvalue weighted by molar-refractivity contribution is -0.248. The molecule has 3 rings (SSSR count). The number of hydrogen-bond donors (Lipinski definition) is 1. The van der Waals surface area contributed by atoms with Crippen molar-refractivity contribution in [3.05, 3.63) is 90.0 Å². The van der Waals surface area contributed by atoms with E-state index in [0.29, 0.717) is 18.4 Å². The number of aliphatic hydroxyl groups is 1. The quantitative estimate of drug-likeness (QED) is 0.386. The number of rotatable bonds is 7. The van der Waals surface area contributed by atoms with Gasteiger partial charge in [0, 0.05) is 18.3 Å². The van der Waals surface area contributed by atoms with E-state index >= 15 is 0 Å². The van der Waals surface area contributed by atoms with Gasteiger partial charge < -0.3 is 14.7 Å². The molecule has 0 aliphatic heterocycles. The molecule has 0 saturated heterocycles. The Bertz CT molecular complexity index is 1060. The van der Waals surface area contributed by atoms with Gasteiger partial charge in [-0.1, -0.05) is 36.4 Å². The van der Waals surface area contributed by atoms with Crippen molar-refractivity contribution >= 4 is 5.69 Å². The molecule has 0 fully saturated rings. The van der Waals surface area contributed by atoms with Gasteiger partial charge in [0.15, 0.2) is 5.60 Å². The van der Waals surface area contributed by atoms with E-state index in [0.717, 1.165) is 12.1 Å². The molecule has 0 amide bonds. The summed E-state index contributed by atoms with van der Waals surface area (Å²) in [4.78, 5) is 1.17. The van der Waals surface area contributed by atoms with Crippen molar-refractivity contribution in [2.24, 2.45) is 0 Å². The van der Waals surface area contributed by atoms with Gasteiger partial charge in [0.05, 0.1) is 12.1 Å². The minimum absolute atomic E-state index is 0.136. The zero-order chi connectivity index (χ0) is 24.3. The maximum atomic E-state index is 13.4. The highest BCUT2D eigenvalue weighted by Gasteiger charge is 2.50. The Kier molecular flexibility index (Phi) is 6.92. The Morgan fingerprint density at radius 2 is 1.42 bits per heavy atom. The number of para-hydroxylation sites is 1. The van der Waals surface area contributed by atoms with E-state index in [1.54, 1.807) is 42.5 Å². The highest BCUT2D eigenvalue weighted by atomic mass is 19.4. The molecule has 33 heavy (non-hydrogen) atoms. The van der Waals surface area contributed by atoms with Crippen LogP contribution in [0.5, 0.6) is 11.5 Å². The highest BCUT2D eigenvalue weighted by molar-refractivity contribution is 5.52. The lowest BCUT2D eigenvalue weighted by Crippen LogP contribution is -2.51. The second kappa shape index (κ2) is 9.35. The van der Waals surface area contributed by atoms with Crippen molar-refractivity contribution in [3.63, 3.8) is 0 Å². The van der Waals surface area contributed by atoms with Gasteiger partial charge >= 0.3 is 12.4 Å². The third-order valence-corrected chi connectivity index (χ3v) is 4.90. The second-order valence-corrected chi connectivity index (χ2v) is 7.74. The smallest absolute Gasteiger partial charge is 0.418 e. The van der Waals surface area contributed by atoms with Crippen LogP contribution in [-0.2, 0) is 12.7 Å². The van der Waals surface area contributed by atoms with Crippen LogP contribution in [0, 0.1) is 0 Å². The Morgan fingerprint density at radius 1 is 0.788 bits per heavy atom. The van der Waals surface area contributed by atoms with Gasteiger partial charge in [-0.05, 0) is 48.9 Å². The molecule has 3 nitrogen and oxygen atoms in total. The standard InChI is InChI=1S/C24H21F6NO2/c1-22(32,24(28,29)30)16-31(15-17-7-5-8-18(13-17)23(25,26)27)19-9-6-12-21(14-19)33-20-10-3-2-4-11-20/h2-14,32H,15-16H2,1H3. The van der Waals surface area contributed by atoms with Crippen molar-refractivity contribution in [1.82, 2.24) is 0 Å². The third-order valence-electron chi connectivity index (χ3n) is 4.90. The third kappa shape index (κ3) is 6.41. The van der Waals surface area contributed by atoms with Crippen molar-refractivity contribution in [2.45, 2.75) is 31.4 Å². The molecule has 1 N–H and O–H groups in total. The molecule has 0 spiro atoms. The van der Waals surface area contributed by atoms with Crippen molar-refractivity contribution in [1.29, 1.82) is 0 Å². The largest absolute Gasteiger partial charge is 0.457 e. The van der Waals surface area contributed by atoms with Crippen LogP contribution in [-0.4, -0.2) is 23.4 Å². The minimum Gasteiger partial charge on any atom is -0.457 e. The number of ether oxygens (including phenoxy) is 1. The van der Waals surface area contributed by atoms with Gasteiger partial charge in [0.2, 0.25) is 0 Å². The first kappa shape index (κ1) is 24.4. The summed E-state index contributed by atoms with van der Waals surface area (Å²) in [6, 6.07) is 19.1. The predicted molar refractivity (Wildman–Crippen MR) is 112 cm³/mol. The molecule has 0 heterocycles. The SMILES string of the molecule is CC(O)(CN(Cc1cccc(C(F)(F)F)c1)c1cccc(Oc2ccccc2)c1)C(F)(F)F. The predicted octanol–water partition coefficient (Wildman–Crippen LogP) is 6.82. The van der Waals surface area contributed by atoms with E-state index in [2.05, 4.69) is 0 Å². The molecule has 176 valence electrons. The molecule has 0 aliphatic rings. The van der Waals surface area contributed by atoms with Crippen LogP contribution in [0.1, 0.15) is 18.1 Å². The minimum atomic E-state index is -4.95. The molecule has 3 aromatic carbocycles. The Morgan fingerprint density at radius 3 is 2.06 bits per heavy atom. The summed E-state index contributed by atoms with van der Waals surface area (Å²) in [5, 5.41) is 10.1. The van der Waals surface area contributed by atoms with E-state index in [-0.39, 0.29) is 17.8 Å². The number of nitrogens with zero attached hydrogens (tertiary/aromatic N) is 1. The zero-order valence-corrected chi connectivity index (χ0v) is 17.5. The van der Waals surface area contributed by atoms with E-state index in [4.69, 9.17) is 4.74 Å². The van der Waals surface area contributed by atoms with Crippen molar-refractivity contribution in [3.8, 4) is 11.5 Å². The summed E-state index contributed by atoms with van der Waals surface area (Å²) in [5.74, 6) is 0.820. The molecule has 9 heteroatoms. The fourth-order valence-corrected chi connectivity index (χ4v) is 3.13. The molecule has 0 aliphatic carbocycles. The molecule has 0 bridgehead atoms. The van der Waals surface area contributed by atoms with Crippen LogP contribution in [0.3, 0.4) is 0 Å². The Balaban J connectivity index is 1.95. The van der Waals surface area contributed by atoms with Gasteiger partial charge in [-0.25, -0.2) is 0 Å². The van der Waals surface area contributed by atoms with E-state index in [1.807, 2.05) is 0 Å². The first-order valence-corrected chi connectivity index (χ1v) is 9.88. The normalized spacial score (nSPS) is 13.9. The number of halogens is 6. The molecule has 0 radical (unpaired) electrons. The topological polar surface area (TPSA) is 32.7 Å². The molecule has 1 atom stereocenters. The summed E-state index contributed by atoms with van der Waals surface area (Å²) in [6.45, 7) is -0.580. The molecular weight excluding hydrogens is 448 g/mol. The molecule has 0 aromatic heterocycles. The van der Waals surface area contributed by atoms with Gasteiger partial charge in [-0.2, -0.15) is 26.3 Å². The molecule has 3 aromatic rings. The number of alkyl halides is 6. The van der Waals surface area contributed by atoms with Crippen molar-refractivity contribution in [2.75, 3.05) is 11.4 Å². The van der Waals surface area contributed by atoms with E-state index in [9.17, 15) is 31.4 Å². The van der Waals surface area contributed by atoms with Gasteiger partial charge in [0.25, 0.3) is 0 Å². The lowest BCUT2D eigenvalue weighted by atomic mass is 10.0. The van der Waals surface area contributed by atoms with Crippen LogP contribution in [0.25, 0.3) is 0 Å². The van der Waals surface area contributed by atoms with Crippen LogP contribution >= 0.6 is 0 Å². The van der Waals surface area contributed by atoms with E-state index in [1.165, 1.54) is 29.2 Å². The maximum Gasteiger partial charge on any atom is 0.418 e. The molecule has 0 saturated carbocycles. The average Bonchev–Trinajstić information content (AvgIpc) is 2.73. The Hall–Kier alpha value is -3.20. The fourth-order valence-electron chi connectivity index (χ4n) is 3.13. The molecular formula is C24H21F6NO2. The summed E-state index contributed by atoms with van der Waals surface area (Å²) >= 11 is 0. The van der Waals surface area contributed by atoms with Gasteiger partial charge in [-0.3, -0.25) is 0 Å². The summed E-state index contributed by atoms with van der Waals surface area (Å²) < 4.78 is 85.2. The summed E-state index contributed by atoms with van der Waals surface area (Å²) in [6.07, 6.45) is -9.54. The van der Waals surface area contributed by atoms with Crippen LogP contribution < -0.4 is 9.64 Å². The average molecular weight is 469 g/mol. The summed E-state index contributed by atoms with van der Waals surface area (Å²) in [7, 11) is 0. The van der Waals surface area contributed by atoms with E-state index < -0.39 is 30.1 Å². The monoisotopic (exact) mass is 469 g/mol. The number of hydrogen-bond acceptors (Lipinski definition) is 3. The lowest BCUT2D eigenvalue weighted by Gasteiger charge is -2.34. The van der Waals surface area contributed by atoms with Gasteiger partial charge in [0.1, 0.15) is 11.5 Å². The maximum absolute atomic E-state index is 13.4. The van der Waals surface area contributed by atoms with Gasteiger partial charge in [-0.15, -0.1) is 0 Å². The number of anilines is 1.